The molecule has 0 saturated heterocycles. The number of carboxylic acid groups (broad SMARTS) is 1. The van der Waals surface area contributed by atoms with Crippen molar-refractivity contribution >= 4 is 40.1 Å². The summed E-state index contributed by atoms with van der Waals surface area (Å²) in [5.74, 6) is -1.98. The SMILES string of the molecule is Nc1ccc(CC(CP(=O)(O)Cc2ccc(S(=O)(=O)NCCc3c[nH]c4ccccc34)cc2)C(=O)O)cn1. The fourth-order valence-electron chi connectivity index (χ4n) is 4.28. The van der Waals surface area contributed by atoms with E-state index in [9.17, 15) is 27.8 Å². The average molecular weight is 557 g/mol. The van der Waals surface area contributed by atoms with E-state index in [1.165, 1.54) is 30.5 Å². The van der Waals surface area contributed by atoms with Crippen LogP contribution in [0.1, 0.15) is 16.7 Å². The first kappa shape index (κ1) is 27.5. The molecule has 2 heterocycles. The van der Waals surface area contributed by atoms with Crippen LogP contribution in [0, 0.1) is 5.92 Å². The molecule has 0 radical (unpaired) electrons. The summed E-state index contributed by atoms with van der Waals surface area (Å²) in [6.45, 7) is 0.206. The van der Waals surface area contributed by atoms with Crippen molar-refractivity contribution in [1.82, 2.24) is 14.7 Å². The Morgan fingerprint density at radius 1 is 1.08 bits per heavy atom. The van der Waals surface area contributed by atoms with Gasteiger partial charge in [0.25, 0.3) is 0 Å². The van der Waals surface area contributed by atoms with Gasteiger partial charge < -0.3 is 20.7 Å². The summed E-state index contributed by atoms with van der Waals surface area (Å²) in [5, 5.41) is 10.6. The molecule has 0 bridgehead atoms. The van der Waals surface area contributed by atoms with Crippen LogP contribution >= 0.6 is 7.37 Å². The zero-order valence-corrected chi connectivity index (χ0v) is 22.2. The van der Waals surface area contributed by atoms with Crippen LogP contribution in [-0.4, -0.2) is 47.1 Å². The van der Waals surface area contributed by atoms with E-state index < -0.39 is 35.4 Å². The monoisotopic (exact) mass is 556 g/mol. The number of fused-ring (bicyclic) bond motifs is 1. The molecule has 0 spiro atoms. The van der Waals surface area contributed by atoms with Crippen molar-refractivity contribution < 1.29 is 27.8 Å². The van der Waals surface area contributed by atoms with Gasteiger partial charge >= 0.3 is 5.97 Å². The molecule has 200 valence electrons. The maximum atomic E-state index is 12.9. The number of rotatable bonds is 12. The third kappa shape index (κ3) is 7.08. The summed E-state index contributed by atoms with van der Waals surface area (Å²) < 4.78 is 41.0. The molecule has 4 aromatic rings. The van der Waals surface area contributed by atoms with Crippen molar-refractivity contribution in [3.05, 3.63) is 89.7 Å². The maximum absolute atomic E-state index is 12.9. The van der Waals surface area contributed by atoms with Crippen LogP contribution < -0.4 is 10.5 Å². The van der Waals surface area contributed by atoms with Crippen molar-refractivity contribution in [2.45, 2.75) is 23.9 Å². The number of hydrogen-bond donors (Lipinski definition) is 5. The zero-order chi connectivity index (χ0) is 27.3. The highest BCUT2D eigenvalue weighted by Crippen LogP contribution is 2.46. The van der Waals surface area contributed by atoms with E-state index in [1.54, 1.807) is 12.1 Å². The summed E-state index contributed by atoms with van der Waals surface area (Å²) >= 11 is 0. The number of carbonyl (C=O) groups is 1. The van der Waals surface area contributed by atoms with E-state index in [-0.39, 0.29) is 24.0 Å². The lowest BCUT2D eigenvalue weighted by Crippen LogP contribution is -2.26. The molecule has 4 rings (SSSR count). The van der Waals surface area contributed by atoms with Gasteiger partial charge in [-0.15, -0.1) is 0 Å². The third-order valence-corrected chi connectivity index (χ3v) is 9.56. The molecular formula is C26H29N4O6PS. The first-order valence-electron chi connectivity index (χ1n) is 11.9. The molecule has 0 saturated carbocycles. The van der Waals surface area contributed by atoms with Crippen molar-refractivity contribution in [3.8, 4) is 0 Å². The van der Waals surface area contributed by atoms with E-state index >= 15 is 0 Å². The average Bonchev–Trinajstić information content (AvgIpc) is 3.28. The number of aromatic amines is 1. The molecule has 0 aliphatic carbocycles. The summed E-state index contributed by atoms with van der Waals surface area (Å²) in [6.07, 6.45) is 3.15. The molecule has 2 atom stereocenters. The lowest BCUT2D eigenvalue weighted by Gasteiger charge is -2.18. The van der Waals surface area contributed by atoms with E-state index in [0.717, 1.165) is 16.5 Å². The highest BCUT2D eigenvalue weighted by atomic mass is 32.2. The molecule has 0 amide bonds. The lowest BCUT2D eigenvalue weighted by atomic mass is 10.0. The van der Waals surface area contributed by atoms with Gasteiger partial charge in [0.05, 0.1) is 10.8 Å². The highest BCUT2D eigenvalue weighted by Gasteiger charge is 2.29. The largest absolute Gasteiger partial charge is 0.481 e. The van der Waals surface area contributed by atoms with Crippen LogP contribution in [-0.2, 0) is 38.4 Å². The van der Waals surface area contributed by atoms with Gasteiger partial charge in [0.2, 0.25) is 17.4 Å². The van der Waals surface area contributed by atoms with Crippen LogP contribution in [0.25, 0.3) is 10.9 Å². The number of nitrogen functional groups attached to an aromatic ring is 1. The van der Waals surface area contributed by atoms with Crippen molar-refractivity contribution in [3.63, 3.8) is 0 Å². The molecule has 0 aliphatic heterocycles. The Morgan fingerprint density at radius 3 is 2.47 bits per heavy atom. The Hall–Kier alpha value is -3.50. The predicted octanol–water partition coefficient (Wildman–Crippen LogP) is 3.38. The highest BCUT2D eigenvalue weighted by molar-refractivity contribution is 7.89. The van der Waals surface area contributed by atoms with Crippen molar-refractivity contribution in [2.24, 2.45) is 5.92 Å². The minimum absolute atomic E-state index is 0.0345. The third-order valence-electron chi connectivity index (χ3n) is 6.21. The second-order valence-electron chi connectivity index (χ2n) is 9.17. The number of H-pyrrole nitrogens is 1. The van der Waals surface area contributed by atoms with Gasteiger partial charge in [-0.2, -0.15) is 0 Å². The van der Waals surface area contributed by atoms with Gasteiger partial charge in [0, 0.05) is 42.2 Å². The molecular weight excluding hydrogens is 527 g/mol. The van der Waals surface area contributed by atoms with E-state index in [4.69, 9.17) is 5.73 Å². The van der Waals surface area contributed by atoms with Gasteiger partial charge in [0.15, 0.2) is 0 Å². The standard InChI is InChI=1S/C26H29N4O6PS/c27-25-10-7-19(14-29-25)13-21(26(31)32)17-37(33,34)16-18-5-8-22(9-6-18)38(35,36)30-12-11-20-15-28-24-4-2-1-3-23(20)24/h1-10,14-15,21,28,30H,11-13,16-17H2,(H2,27,29)(H,31,32)(H,33,34). The number of anilines is 1. The number of hydrogen-bond acceptors (Lipinski definition) is 6. The van der Waals surface area contributed by atoms with Crippen molar-refractivity contribution in [2.75, 3.05) is 18.4 Å². The van der Waals surface area contributed by atoms with Crippen LogP contribution in [0.4, 0.5) is 5.82 Å². The fourth-order valence-corrected chi connectivity index (χ4v) is 7.20. The number of benzene rings is 2. The molecule has 2 aromatic heterocycles. The molecule has 38 heavy (non-hydrogen) atoms. The quantitative estimate of drug-likeness (QED) is 0.165. The smallest absolute Gasteiger partial charge is 0.307 e. The van der Waals surface area contributed by atoms with Gasteiger partial charge in [0.1, 0.15) is 5.82 Å². The Morgan fingerprint density at radius 2 is 1.79 bits per heavy atom. The number of para-hydroxylation sites is 1. The number of nitrogens with one attached hydrogen (secondary N) is 2. The van der Waals surface area contributed by atoms with Gasteiger partial charge in [-0.05, 0) is 53.8 Å². The number of sulfonamides is 1. The first-order valence-corrected chi connectivity index (χ1v) is 15.4. The van der Waals surface area contributed by atoms with E-state index in [2.05, 4.69) is 14.7 Å². The summed E-state index contributed by atoms with van der Waals surface area (Å²) in [5.41, 5.74) is 8.57. The minimum Gasteiger partial charge on any atom is -0.481 e. The topological polar surface area (TPSA) is 175 Å². The Balaban J connectivity index is 1.35. The molecule has 10 nitrogen and oxygen atoms in total. The molecule has 0 aliphatic rings. The Labute approximate surface area is 220 Å². The van der Waals surface area contributed by atoms with E-state index in [0.29, 0.717) is 23.4 Å². The number of aliphatic carboxylic acids is 1. The number of nitrogens with two attached hydrogens (primary N) is 1. The molecule has 6 N–H and O–H groups in total. The van der Waals surface area contributed by atoms with Crippen LogP contribution in [0.3, 0.4) is 0 Å². The summed E-state index contributed by atoms with van der Waals surface area (Å²) in [4.78, 5) is 29.4. The molecule has 2 aromatic carbocycles. The minimum atomic E-state index is -3.89. The van der Waals surface area contributed by atoms with E-state index in [1.807, 2.05) is 30.5 Å². The maximum Gasteiger partial charge on any atom is 0.307 e. The van der Waals surface area contributed by atoms with Crippen LogP contribution in [0.2, 0.25) is 0 Å². The van der Waals surface area contributed by atoms with Gasteiger partial charge in [-0.25, -0.2) is 18.1 Å². The first-order chi connectivity index (χ1) is 18.0. The zero-order valence-electron chi connectivity index (χ0n) is 20.4. The second-order valence-corrected chi connectivity index (χ2v) is 13.3. The second kappa shape index (κ2) is 11.5. The summed E-state index contributed by atoms with van der Waals surface area (Å²) in [7, 11) is -7.67. The normalized spacial score (nSPS) is 14.2. The van der Waals surface area contributed by atoms with Gasteiger partial charge in [-0.3, -0.25) is 9.36 Å². The number of carboxylic acids is 1. The van der Waals surface area contributed by atoms with Crippen molar-refractivity contribution in [1.29, 1.82) is 0 Å². The van der Waals surface area contributed by atoms with Gasteiger partial charge in [-0.1, -0.05) is 36.4 Å². The Bertz CT molecular complexity index is 1570. The number of pyridine rings is 1. The molecule has 12 heteroatoms. The molecule has 2 unspecified atom stereocenters. The Kier molecular flexibility index (Phi) is 8.32. The summed E-state index contributed by atoms with van der Waals surface area (Å²) in [6, 6.07) is 16.6. The molecule has 0 fully saturated rings. The number of nitrogens with zero attached hydrogens (tertiary/aromatic N) is 1. The lowest BCUT2D eigenvalue weighted by molar-refractivity contribution is -0.141. The van der Waals surface area contributed by atoms with Crippen LogP contribution in [0.5, 0.6) is 0 Å². The number of aromatic nitrogens is 2. The van der Waals surface area contributed by atoms with Crippen LogP contribution in [0.15, 0.2) is 78.0 Å². The fraction of sp³-hybridized carbons (Fsp3) is 0.231. The predicted molar refractivity (Wildman–Crippen MR) is 146 cm³/mol.